The van der Waals surface area contributed by atoms with Crippen LogP contribution in [0, 0.1) is 0 Å². The Kier molecular flexibility index (Phi) is 15.6. The summed E-state index contributed by atoms with van der Waals surface area (Å²) in [5, 5.41) is 0.389. The lowest BCUT2D eigenvalue weighted by Crippen LogP contribution is -2.07. The zero-order chi connectivity index (χ0) is 49.2. The van der Waals surface area contributed by atoms with Crippen LogP contribution >= 0.6 is 46.4 Å². The molecular weight excluding hydrogens is 990 g/mol. The summed E-state index contributed by atoms with van der Waals surface area (Å²) in [6.45, 7) is 2.59. The van der Waals surface area contributed by atoms with Gasteiger partial charge in [-0.3, -0.25) is 0 Å². The third-order valence-corrected chi connectivity index (χ3v) is 12.5. The highest BCUT2D eigenvalue weighted by Gasteiger charge is 2.24. The van der Waals surface area contributed by atoms with Crippen LogP contribution in [-0.2, 0) is 52.9 Å². The van der Waals surface area contributed by atoms with Crippen molar-refractivity contribution in [3.05, 3.63) is 237 Å². The Morgan fingerprint density at radius 3 is 0.667 bits per heavy atom. The molecule has 0 radical (unpaired) electrons. The Morgan fingerprint density at radius 2 is 0.458 bits per heavy atom. The van der Waals surface area contributed by atoms with Crippen molar-refractivity contribution in [2.75, 3.05) is 10.7 Å². The van der Waals surface area contributed by atoms with Gasteiger partial charge in [-0.2, -0.15) is 0 Å². The smallest absolute Gasteiger partial charge is 0.126 e. The van der Waals surface area contributed by atoms with Gasteiger partial charge in [0.1, 0.15) is 98.9 Å². The highest BCUT2D eigenvalue weighted by Crippen LogP contribution is 2.43. The van der Waals surface area contributed by atoms with Crippen LogP contribution in [0.1, 0.15) is 66.8 Å². The predicted octanol–water partition coefficient (Wildman–Crippen LogP) is 15.4. The molecule has 0 aromatic heterocycles. The van der Waals surface area contributed by atoms with Crippen LogP contribution in [0.4, 0.5) is 0 Å². The van der Waals surface area contributed by atoms with Gasteiger partial charge in [0.25, 0.3) is 0 Å². The highest BCUT2D eigenvalue weighted by atomic mass is 35.5. The summed E-state index contributed by atoms with van der Waals surface area (Å²) in [6.07, 6.45) is 0. The summed E-state index contributed by atoms with van der Waals surface area (Å²) in [4.78, 5) is 0. The van der Waals surface area contributed by atoms with Crippen LogP contribution in [0.25, 0.3) is 11.1 Å². The highest BCUT2D eigenvalue weighted by molar-refractivity contribution is 6.41. The van der Waals surface area contributed by atoms with E-state index in [0.717, 1.165) is 124 Å². The molecule has 8 aromatic carbocycles. The molecule has 0 fully saturated rings. The van der Waals surface area contributed by atoms with E-state index in [-0.39, 0.29) is 37.1 Å². The first-order valence-electron chi connectivity index (χ1n) is 23.3. The second kappa shape index (κ2) is 23.1. The Bertz CT molecular complexity index is 2760. The summed E-state index contributed by atoms with van der Waals surface area (Å²) >= 11 is 19.1. The Balaban J connectivity index is 0.000000949. The Morgan fingerprint density at radius 1 is 0.250 bits per heavy atom. The van der Waals surface area contributed by atoms with Crippen molar-refractivity contribution in [1.82, 2.24) is 0 Å². The second-order valence-electron chi connectivity index (χ2n) is 17.1. The molecule has 8 aromatic rings. The van der Waals surface area contributed by atoms with Crippen LogP contribution in [0.15, 0.2) is 170 Å². The van der Waals surface area contributed by atoms with E-state index in [4.69, 9.17) is 84.3 Å². The van der Waals surface area contributed by atoms with E-state index in [1.54, 1.807) is 0 Å². The maximum absolute atomic E-state index is 6.65. The van der Waals surface area contributed by atoms with E-state index >= 15 is 0 Å². The number of benzene rings is 8. The van der Waals surface area contributed by atoms with Gasteiger partial charge in [0.2, 0.25) is 0 Å². The van der Waals surface area contributed by atoms with Crippen LogP contribution in [0.2, 0.25) is 0 Å². The molecule has 0 atom stereocenters. The van der Waals surface area contributed by atoms with E-state index in [1.807, 2.05) is 48.5 Å². The van der Waals surface area contributed by atoms with E-state index in [9.17, 15) is 0 Å². The van der Waals surface area contributed by atoms with Gasteiger partial charge in [0, 0.05) is 22.3 Å². The molecule has 22 bridgehead atoms. The normalized spacial score (nSPS) is 14.1. The molecule has 0 spiro atoms. The molecule has 0 aliphatic carbocycles. The summed E-state index contributed by atoms with van der Waals surface area (Å²) < 4.78 is 52.7. The molecule has 0 unspecified atom stereocenters. The minimum absolute atomic E-state index is 0.194. The van der Waals surface area contributed by atoms with E-state index in [2.05, 4.69) is 121 Å². The molecule has 12 heterocycles. The summed E-state index contributed by atoms with van der Waals surface area (Å²) in [7, 11) is 0. The number of halogens is 4. The molecule has 0 saturated heterocycles. The van der Waals surface area contributed by atoms with Crippen LogP contribution in [0.3, 0.4) is 0 Å². The third kappa shape index (κ3) is 11.5. The fourth-order valence-corrected chi connectivity index (χ4v) is 8.88. The number of ether oxygens (including phenoxy) is 8. The van der Waals surface area contributed by atoms with Crippen LogP contribution < -0.4 is 37.9 Å². The number of hydrogen-bond acceptors (Lipinski definition) is 8. The maximum Gasteiger partial charge on any atom is 0.126 e. The molecule has 12 aliphatic rings. The summed E-state index contributed by atoms with van der Waals surface area (Å²) in [5.74, 6) is 5.81. The number of fused-ring (bicyclic) bond motifs is 9. The SMILES string of the molecule is ClCCl.ClCCl.c1cc2ccc1COc1ccc3cc1COc1ccc(cc1)OCc1cc4ccc1OCc1ccc(cc1)COc1ccc5cc1COc1ccc(cc1)OCc1cc(ccc1OC2)C5=C34. The van der Waals surface area contributed by atoms with Gasteiger partial charge in [-0.05, 0) is 153 Å². The number of rotatable bonds is 0. The number of hydrogen-bond donors (Lipinski definition) is 0. The molecule has 8 nitrogen and oxygen atoms in total. The summed E-state index contributed by atoms with van der Waals surface area (Å²) in [5.41, 5.74) is 13.6. The van der Waals surface area contributed by atoms with Crippen LogP contribution in [-0.4, -0.2) is 10.7 Å². The monoisotopic (exact) mass is 1040 g/mol. The molecule has 0 N–H and O–H groups in total. The lowest BCUT2D eigenvalue weighted by Gasteiger charge is -2.23. The molecule has 364 valence electrons. The second-order valence-corrected chi connectivity index (χ2v) is 18.7. The fraction of sp³-hybridized carbons (Fsp3) is 0.167. The number of alkyl halides is 4. The van der Waals surface area contributed by atoms with Crippen molar-refractivity contribution in [3.8, 4) is 46.0 Å². The molecular formula is C60H48Cl4O8. The first kappa shape index (κ1) is 48.7. The third-order valence-electron chi connectivity index (χ3n) is 12.5. The quantitative estimate of drug-likeness (QED) is 0.139. The van der Waals surface area contributed by atoms with Crippen molar-refractivity contribution in [1.29, 1.82) is 0 Å². The van der Waals surface area contributed by atoms with Crippen molar-refractivity contribution in [2.45, 2.75) is 52.9 Å². The van der Waals surface area contributed by atoms with Gasteiger partial charge in [-0.15, -0.1) is 46.4 Å². The molecule has 0 saturated carbocycles. The minimum atomic E-state index is 0.194. The van der Waals surface area contributed by atoms with Crippen molar-refractivity contribution in [2.24, 2.45) is 0 Å². The Hall–Kier alpha value is -6.94. The van der Waals surface area contributed by atoms with Gasteiger partial charge in [0.15, 0.2) is 0 Å². The average Bonchev–Trinajstić information content (AvgIpc) is 3.42. The van der Waals surface area contributed by atoms with Gasteiger partial charge in [-0.1, -0.05) is 72.8 Å². The lowest BCUT2D eigenvalue weighted by molar-refractivity contribution is 0.268. The predicted molar refractivity (Wildman–Crippen MR) is 284 cm³/mol. The minimum Gasteiger partial charge on any atom is -0.489 e. The molecule has 0 amide bonds. The molecule has 20 rings (SSSR count). The lowest BCUT2D eigenvalue weighted by atomic mass is 9.83. The van der Waals surface area contributed by atoms with Crippen molar-refractivity contribution < 1.29 is 37.9 Å². The van der Waals surface area contributed by atoms with E-state index < -0.39 is 0 Å². The first-order chi connectivity index (χ1) is 35.4. The van der Waals surface area contributed by atoms with Gasteiger partial charge >= 0.3 is 0 Å². The standard InChI is InChI=1S/C58H44O8.2CH2Cl2/c1-2-38-4-3-37(1)29-63-53-21-9-41-25-45(53)33-59-49-13-15-51(16-14-49)61-35-47-27-43-11-23-55(47)65-31-39-5-7-40(8-6-39)32-66-56-24-12-44-28-48(56)36-62-52-19-17-50(18-20-52)60-34-46-26-42(58(44)57(41)43)10-22-54(46)64-30-38;2*2-1-3/h1-28H,29-36H2;2*1H2. The average molecular weight is 1040 g/mol. The zero-order valence-electron chi connectivity index (χ0n) is 39.0. The molecule has 12 heteroatoms. The Labute approximate surface area is 439 Å². The van der Waals surface area contributed by atoms with E-state index in [1.165, 1.54) is 0 Å². The van der Waals surface area contributed by atoms with Crippen LogP contribution in [0.5, 0.6) is 46.0 Å². The molecule has 72 heavy (non-hydrogen) atoms. The van der Waals surface area contributed by atoms with Crippen molar-refractivity contribution in [3.63, 3.8) is 0 Å². The molecule has 12 aliphatic heterocycles. The van der Waals surface area contributed by atoms with Crippen molar-refractivity contribution >= 4 is 57.5 Å². The van der Waals surface area contributed by atoms with Gasteiger partial charge in [-0.25, -0.2) is 0 Å². The van der Waals surface area contributed by atoms with E-state index in [0.29, 0.717) is 26.4 Å². The largest absolute Gasteiger partial charge is 0.489 e. The van der Waals surface area contributed by atoms with Gasteiger partial charge < -0.3 is 37.9 Å². The topological polar surface area (TPSA) is 73.8 Å². The maximum atomic E-state index is 6.65. The summed E-state index contributed by atoms with van der Waals surface area (Å²) in [6, 6.07) is 58.0. The first-order valence-corrected chi connectivity index (χ1v) is 25.5. The van der Waals surface area contributed by atoms with Gasteiger partial charge in [0.05, 0.1) is 10.7 Å². The fourth-order valence-electron chi connectivity index (χ4n) is 8.88. The zero-order valence-corrected chi connectivity index (χ0v) is 42.0.